The lowest BCUT2D eigenvalue weighted by Crippen LogP contribution is -2.44. The van der Waals surface area contributed by atoms with Gasteiger partial charge in [0.25, 0.3) is 0 Å². The van der Waals surface area contributed by atoms with E-state index >= 15 is 0 Å². The van der Waals surface area contributed by atoms with Gasteiger partial charge >= 0.3 is 6.18 Å². The van der Waals surface area contributed by atoms with Gasteiger partial charge in [-0.2, -0.15) is 24.5 Å². The smallest absolute Gasteiger partial charge is 0.356 e. The Kier molecular flexibility index (Phi) is 6.62. The summed E-state index contributed by atoms with van der Waals surface area (Å²) in [5, 5.41) is 9.92. The molecule has 2 amide bonds. The Balaban J connectivity index is 1.45. The standard InChI is InChI=1S/C21H23F3N2O2S/c22-21(23,24)17-3-1-15(2-4-17)7-11-25-18(27)5-9-20(10-6-19(28)26-20)13-16-8-12-29-14-16/h1-4,8,12,14H,5-7,9-11,13H2,(H,25,27)(H,26,28)/t20-/m0/s1. The normalized spacial score (nSPS) is 19.2. The number of rotatable bonds is 8. The van der Waals surface area contributed by atoms with Gasteiger partial charge in [-0.05, 0) is 65.8 Å². The van der Waals surface area contributed by atoms with Gasteiger partial charge in [0, 0.05) is 24.9 Å². The van der Waals surface area contributed by atoms with E-state index in [1.54, 1.807) is 11.3 Å². The number of benzene rings is 1. The van der Waals surface area contributed by atoms with Crippen molar-refractivity contribution in [3.8, 4) is 0 Å². The molecule has 4 nitrogen and oxygen atoms in total. The van der Waals surface area contributed by atoms with Crippen molar-refractivity contribution < 1.29 is 22.8 Å². The first-order valence-corrected chi connectivity index (χ1v) is 10.4. The molecule has 8 heteroatoms. The Bertz CT molecular complexity index is 835. The van der Waals surface area contributed by atoms with Gasteiger partial charge < -0.3 is 10.6 Å². The Morgan fingerprint density at radius 2 is 1.93 bits per heavy atom. The van der Waals surface area contributed by atoms with E-state index in [1.807, 2.05) is 11.4 Å². The highest BCUT2D eigenvalue weighted by Crippen LogP contribution is 2.30. The molecule has 1 saturated heterocycles. The minimum absolute atomic E-state index is 0.0166. The molecule has 156 valence electrons. The van der Waals surface area contributed by atoms with Crippen LogP contribution in [0.25, 0.3) is 0 Å². The molecule has 1 fully saturated rings. The van der Waals surface area contributed by atoms with Crippen LogP contribution in [0.15, 0.2) is 41.1 Å². The lowest BCUT2D eigenvalue weighted by molar-refractivity contribution is -0.137. The van der Waals surface area contributed by atoms with E-state index in [0.29, 0.717) is 38.6 Å². The Hall–Kier alpha value is -2.35. The predicted molar refractivity (Wildman–Crippen MR) is 106 cm³/mol. The minimum Gasteiger partial charge on any atom is -0.356 e. The van der Waals surface area contributed by atoms with Crippen molar-refractivity contribution in [1.82, 2.24) is 10.6 Å². The molecular formula is C21H23F3N2O2S. The maximum Gasteiger partial charge on any atom is 0.416 e. The molecular weight excluding hydrogens is 401 g/mol. The van der Waals surface area contributed by atoms with E-state index in [9.17, 15) is 22.8 Å². The highest BCUT2D eigenvalue weighted by atomic mass is 32.1. The Morgan fingerprint density at radius 1 is 1.17 bits per heavy atom. The van der Waals surface area contributed by atoms with Crippen molar-refractivity contribution in [3.05, 3.63) is 57.8 Å². The van der Waals surface area contributed by atoms with Gasteiger partial charge in [-0.25, -0.2) is 0 Å². The second-order valence-electron chi connectivity index (χ2n) is 7.43. The van der Waals surface area contributed by atoms with Crippen molar-refractivity contribution in [2.75, 3.05) is 6.54 Å². The highest BCUT2D eigenvalue weighted by Gasteiger charge is 2.37. The van der Waals surface area contributed by atoms with E-state index < -0.39 is 11.7 Å². The summed E-state index contributed by atoms with van der Waals surface area (Å²) < 4.78 is 37.7. The van der Waals surface area contributed by atoms with Crippen molar-refractivity contribution in [1.29, 1.82) is 0 Å². The minimum atomic E-state index is -4.35. The van der Waals surface area contributed by atoms with Gasteiger partial charge in [0.2, 0.25) is 11.8 Å². The second-order valence-corrected chi connectivity index (χ2v) is 8.21. The van der Waals surface area contributed by atoms with Crippen LogP contribution in [0.1, 0.15) is 42.4 Å². The van der Waals surface area contributed by atoms with E-state index in [0.717, 1.165) is 23.3 Å². The SMILES string of the molecule is O=C(CC[C@@]1(Cc2ccsc2)CCC(=O)N1)NCCc1ccc(C(F)(F)F)cc1. The molecule has 0 spiro atoms. The fourth-order valence-corrected chi connectivity index (χ4v) is 4.28. The lowest BCUT2D eigenvalue weighted by atomic mass is 9.85. The van der Waals surface area contributed by atoms with E-state index in [1.165, 1.54) is 12.1 Å². The third-order valence-electron chi connectivity index (χ3n) is 5.21. The quantitative estimate of drug-likeness (QED) is 0.671. The van der Waals surface area contributed by atoms with Crippen LogP contribution < -0.4 is 10.6 Å². The molecule has 2 heterocycles. The first-order chi connectivity index (χ1) is 13.8. The largest absolute Gasteiger partial charge is 0.416 e. The van der Waals surface area contributed by atoms with Crippen molar-refractivity contribution in [2.24, 2.45) is 0 Å². The summed E-state index contributed by atoms with van der Waals surface area (Å²) in [4.78, 5) is 24.0. The first-order valence-electron chi connectivity index (χ1n) is 9.51. The van der Waals surface area contributed by atoms with Crippen molar-refractivity contribution in [2.45, 2.75) is 50.2 Å². The predicted octanol–water partition coefficient (Wildman–Crippen LogP) is 4.10. The molecule has 1 aromatic heterocycles. The molecule has 2 N–H and O–H groups in total. The number of alkyl halides is 3. The molecule has 29 heavy (non-hydrogen) atoms. The molecule has 0 radical (unpaired) electrons. The zero-order valence-corrected chi connectivity index (χ0v) is 16.7. The summed E-state index contributed by atoms with van der Waals surface area (Å²) in [5.41, 5.74) is 0.818. The van der Waals surface area contributed by atoms with E-state index in [2.05, 4.69) is 16.0 Å². The number of hydrogen-bond donors (Lipinski definition) is 2. The van der Waals surface area contributed by atoms with Crippen molar-refractivity contribution in [3.63, 3.8) is 0 Å². The number of amides is 2. The third-order valence-corrected chi connectivity index (χ3v) is 5.94. The molecule has 2 aromatic rings. The van der Waals surface area contributed by atoms with Crippen LogP contribution in [0.2, 0.25) is 0 Å². The number of hydrogen-bond acceptors (Lipinski definition) is 3. The molecule has 0 unspecified atom stereocenters. The monoisotopic (exact) mass is 424 g/mol. The molecule has 1 aliphatic rings. The molecule has 0 aliphatic carbocycles. The van der Waals surface area contributed by atoms with Crippen LogP contribution in [0, 0.1) is 0 Å². The fourth-order valence-electron chi connectivity index (χ4n) is 3.61. The van der Waals surface area contributed by atoms with Crippen LogP contribution in [0.3, 0.4) is 0 Å². The molecule has 0 bridgehead atoms. The van der Waals surface area contributed by atoms with Crippen molar-refractivity contribution >= 4 is 23.2 Å². The summed E-state index contributed by atoms with van der Waals surface area (Å²) in [5.74, 6) is -0.106. The summed E-state index contributed by atoms with van der Waals surface area (Å²) in [7, 11) is 0. The molecule has 3 rings (SSSR count). The molecule has 1 atom stereocenters. The summed E-state index contributed by atoms with van der Waals surface area (Å²) in [6.45, 7) is 0.355. The zero-order chi connectivity index (χ0) is 20.9. The van der Waals surface area contributed by atoms with Gasteiger partial charge in [-0.1, -0.05) is 12.1 Å². The topological polar surface area (TPSA) is 58.2 Å². The van der Waals surface area contributed by atoms with Gasteiger partial charge in [0.1, 0.15) is 0 Å². The van der Waals surface area contributed by atoms with Gasteiger partial charge in [-0.15, -0.1) is 0 Å². The average Bonchev–Trinajstić information content (AvgIpc) is 3.30. The van der Waals surface area contributed by atoms with Crippen LogP contribution in [0.5, 0.6) is 0 Å². The number of carbonyl (C=O) groups is 2. The van der Waals surface area contributed by atoms with Gasteiger partial charge in [0.05, 0.1) is 5.56 Å². The molecule has 1 aliphatic heterocycles. The lowest BCUT2D eigenvalue weighted by Gasteiger charge is -2.29. The number of halogens is 3. The maximum atomic E-state index is 12.6. The number of nitrogens with one attached hydrogen (secondary N) is 2. The zero-order valence-electron chi connectivity index (χ0n) is 15.8. The third kappa shape index (κ3) is 6.06. The molecule has 1 aromatic carbocycles. The first kappa shape index (κ1) is 21.4. The summed E-state index contributed by atoms with van der Waals surface area (Å²) in [6.07, 6.45) is -1.15. The molecule has 0 saturated carbocycles. The van der Waals surface area contributed by atoms with Crippen LogP contribution >= 0.6 is 11.3 Å². The summed E-state index contributed by atoms with van der Waals surface area (Å²) in [6, 6.07) is 6.99. The van der Waals surface area contributed by atoms with Crippen LogP contribution in [0.4, 0.5) is 13.2 Å². The fraction of sp³-hybridized carbons (Fsp3) is 0.429. The van der Waals surface area contributed by atoms with E-state index in [4.69, 9.17) is 0 Å². The number of thiophene rings is 1. The van der Waals surface area contributed by atoms with Crippen LogP contribution in [-0.4, -0.2) is 23.9 Å². The maximum absolute atomic E-state index is 12.6. The van der Waals surface area contributed by atoms with Crippen LogP contribution in [-0.2, 0) is 28.6 Å². The highest BCUT2D eigenvalue weighted by molar-refractivity contribution is 7.07. The van der Waals surface area contributed by atoms with Gasteiger partial charge in [0.15, 0.2) is 0 Å². The van der Waals surface area contributed by atoms with Gasteiger partial charge in [-0.3, -0.25) is 9.59 Å². The number of carbonyl (C=O) groups excluding carboxylic acids is 2. The average molecular weight is 424 g/mol. The Labute approximate surface area is 171 Å². The Morgan fingerprint density at radius 3 is 2.52 bits per heavy atom. The van der Waals surface area contributed by atoms with E-state index in [-0.39, 0.29) is 23.8 Å². The second kappa shape index (κ2) is 8.98. The summed E-state index contributed by atoms with van der Waals surface area (Å²) >= 11 is 1.60.